The predicted molar refractivity (Wildman–Crippen MR) is 136 cm³/mol. The molecule has 1 saturated heterocycles. The highest BCUT2D eigenvalue weighted by Gasteiger charge is 2.43. The average Bonchev–Trinajstić information content (AvgIpc) is 2.92. The van der Waals surface area contributed by atoms with E-state index < -0.39 is 6.04 Å². The van der Waals surface area contributed by atoms with E-state index in [0.717, 1.165) is 35.2 Å². The van der Waals surface area contributed by atoms with Crippen molar-refractivity contribution in [2.24, 2.45) is 0 Å². The molecule has 1 fully saturated rings. The molecule has 0 saturated carbocycles. The molecule has 1 aromatic carbocycles. The zero-order valence-electron chi connectivity index (χ0n) is 20.8. The van der Waals surface area contributed by atoms with Crippen molar-refractivity contribution in [1.29, 1.82) is 0 Å². The molecule has 7 nitrogen and oxygen atoms in total. The summed E-state index contributed by atoms with van der Waals surface area (Å²) < 4.78 is 10.3. The molecule has 0 N–H and O–H groups in total. The molecule has 3 aromatic rings. The number of ether oxygens (including phenoxy) is 2. The topological polar surface area (TPSA) is 81.6 Å². The van der Waals surface area contributed by atoms with Gasteiger partial charge in [-0.1, -0.05) is 36.4 Å². The minimum absolute atomic E-state index is 0.000211. The van der Waals surface area contributed by atoms with E-state index in [4.69, 9.17) is 14.5 Å². The zero-order chi connectivity index (χ0) is 25.1. The van der Waals surface area contributed by atoms with Crippen LogP contribution in [0.15, 0.2) is 54.7 Å². The Kier molecular flexibility index (Phi) is 6.98. The number of hydrogen-bond acceptors (Lipinski definition) is 6. The van der Waals surface area contributed by atoms with Gasteiger partial charge >= 0.3 is 5.97 Å². The fourth-order valence-electron chi connectivity index (χ4n) is 5.11. The van der Waals surface area contributed by atoms with Crippen molar-refractivity contribution < 1.29 is 19.1 Å². The van der Waals surface area contributed by atoms with Crippen LogP contribution < -0.4 is 4.74 Å². The summed E-state index contributed by atoms with van der Waals surface area (Å²) in [5.74, 6) is -0.0855. The van der Waals surface area contributed by atoms with Crippen LogP contribution in [0.4, 0.5) is 0 Å². The van der Waals surface area contributed by atoms with Crippen LogP contribution in [-0.4, -0.2) is 47.0 Å². The summed E-state index contributed by atoms with van der Waals surface area (Å²) in [6.07, 6.45) is 6.35. The zero-order valence-corrected chi connectivity index (χ0v) is 20.8. The molecule has 1 aliphatic heterocycles. The first-order valence-electron chi connectivity index (χ1n) is 12.6. The molecule has 36 heavy (non-hydrogen) atoms. The van der Waals surface area contributed by atoms with Gasteiger partial charge in [0.1, 0.15) is 0 Å². The molecule has 2 aliphatic rings. The highest BCUT2D eigenvalue weighted by Crippen LogP contribution is 2.38. The Morgan fingerprint density at radius 3 is 2.58 bits per heavy atom. The van der Waals surface area contributed by atoms with E-state index in [2.05, 4.69) is 17.1 Å². The first kappa shape index (κ1) is 24.0. The minimum atomic E-state index is -0.426. The highest BCUT2D eigenvalue weighted by molar-refractivity contribution is 5.90. The van der Waals surface area contributed by atoms with Gasteiger partial charge in [0.15, 0.2) is 0 Å². The lowest BCUT2D eigenvalue weighted by Crippen LogP contribution is -2.52. The number of carbonyl (C=O) groups excluding carboxylic acids is 2. The molecule has 1 unspecified atom stereocenters. The number of likely N-dealkylation sites (tertiary alicyclic amines) is 1. The van der Waals surface area contributed by atoms with Crippen LogP contribution >= 0.6 is 0 Å². The fraction of sp³-hybridized carbons (Fsp3) is 0.379. The maximum Gasteiger partial charge on any atom is 0.308 e. The molecule has 0 radical (unpaired) electrons. The molecule has 1 amide bonds. The SMILES string of the molecule is CCOC(=O)C[C@@H](c1ccc(OC)nc1)N1CC(c2ccc(-c3ccc4c(n3)CCCC4)cc2)C1=O. The van der Waals surface area contributed by atoms with Crippen molar-refractivity contribution in [2.45, 2.75) is 51.0 Å². The molecule has 0 spiro atoms. The van der Waals surface area contributed by atoms with E-state index in [1.165, 1.54) is 24.1 Å². The monoisotopic (exact) mass is 485 g/mol. The summed E-state index contributed by atoms with van der Waals surface area (Å²) in [5, 5.41) is 0. The first-order valence-corrected chi connectivity index (χ1v) is 12.6. The number of benzene rings is 1. The molecule has 0 bridgehead atoms. The van der Waals surface area contributed by atoms with Crippen molar-refractivity contribution in [3.8, 4) is 17.1 Å². The lowest BCUT2D eigenvalue weighted by atomic mass is 9.86. The van der Waals surface area contributed by atoms with Crippen LogP contribution in [0, 0.1) is 0 Å². The Labute approximate surface area is 211 Å². The van der Waals surface area contributed by atoms with E-state index >= 15 is 0 Å². The van der Waals surface area contributed by atoms with Crippen molar-refractivity contribution in [2.75, 3.05) is 20.3 Å². The van der Waals surface area contributed by atoms with Crippen molar-refractivity contribution in [1.82, 2.24) is 14.9 Å². The predicted octanol–water partition coefficient (Wildman–Crippen LogP) is 4.65. The Morgan fingerprint density at radius 2 is 1.89 bits per heavy atom. The van der Waals surface area contributed by atoms with Gasteiger partial charge in [0.2, 0.25) is 11.8 Å². The Hall–Kier alpha value is -3.74. The number of β-lactam (4-membered cyclic amide) rings is 1. The van der Waals surface area contributed by atoms with Crippen LogP contribution in [0.1, 0.15) is 60.5 Å². The summed E-state index contributed by atoms with van der Waals surface area (Å²) in [7, 11) is 1.55. The highest BCUT2D eigenvalue weighted by atomic mass is 16.5. The molecular formula is C29H31N3O4. The largest absolute Gasteiger partial charge is 0.481 e. The fourth-order valence-corrected chi connectivity index (χ4v) is 5.11. The van der Waals surface area contributed by atoms with Crippen LogP contribution in [-0.2, 0) is 27.2 Å². The Bertz CT molecular complexity index is 1240. The quantitative estimate of drug-likeness (QED) is 0.341. The van der Waals surface area contributed by atoms with Gasteiger partial charge in [-0.2, -0.15) is 0 Å². The van der Waals surface area contributed by atoms with E-state index in [1.54, 1.807) is 31.2 Å². The summed E-state index contributed by atoms with van der Waals surface area (Å²) in [4.78, 5) is 36.5. The maximum absolute atomic E-state index is 13.3. The van der Waals surface area contributed by atoms with E-state index in [-0.39, 0.29) is 24.2 Å². The third-order valence-electron chi connectivity index (χ3n) is 7.14. The van der Waals surface area contributed by atoms with Crippen LogP contribution in [0.5, 0.6) is 5.88 Å². The standard InChI is InChI=1S/C29H31N3O4/c1-3-36-28(33)16-26(22-13-15-27(35-2)30-17-22)32-18-23(29(32)34)19-8-10-21(11-9-19)25-14-12-20-6-4-5-7-24(20)31-25/h8-15,17,23,26H,3-7,16,18H2,1-2H3/t23?,26-/m0/s1. The third-order valence-corrected chi connectivity index (χ3v) is 7.14. The number of rotatable bonds is 8. The van der Waals surface area contributed by atoms with Gasteiger partial charge in [-0.3, -0.25) is 14.6 Å². The number of esters is 1. The smallest absolute Gasteiger partial charge is 0.308 e. The van der Waals surface area contributed by atoms with Gasteiger partial charge in [0.25, 0.3) is 0 Å². The minimum Gasteiger partial charge on any atom is -0.481 e. The number of methoxy groups -OCH3 is 1. The van der Waals surface area contributed by atoms with Gasteiger partial charge in [0.05, 0.1) is 37.8 Å². The summed E-state index contributed by atoms with van der Waals surface area (Å²) in [6.45, 7) is 2.61. The first-order chi connectivity index (χ1) is 17.6. The summed E-state index contributed by atoms with van der Waals surface area (Å²) in [6, 6.07) is 15.6. The normalized spacial score (nSPS) is 17.7. The summed E-state index contributed by atoms with van der Waals surface area (Å²) >= 11 is 0. The molecule has 1 aliphatic carbocycles. The van der Waals surface area contributed by atoms with Gasteiger partial charge < -0.3 is 14.4 Å². The van der Waals surface area contributed by atoms with Gasteiger partial charge in [-0.05, 0) is 55.4 Å². The van der Waals surface area contributed by atoms with Crippen LogP contribution in [0.2, 0.25) is 0 Å². The Morgan fingerprint density at radius 1 is 1.08 bits per heavy atom. The molecule has 2 aromatic heterocycles. The number of aryl methyl sites for hydroxylation is 2. The number of fused-ring (bicyclic) bond motifs is 1. The molecule has 2 atom stereocenters. The number of amides is 1. The lowest BCUT2D eigenvalue weighted by Gasteiger charge is -2.43. The Balaban J connectivity index is 1.31. The molecule has 7 heteroatoms. The van der Waals surface area contributed by atoms with Crippen molar-refractivity contribution >= 4 is 11.9 Å². The molecule has 3 heterocycles. The number of pyridine rings is 2. The number of carbonyl (C=O) groups is 2. The summed E-state index contributed by atoms with van der Waals surface area (Å²) in [5.41, 5.74) is 6.37. The second-order valence-corrected chi connectivity index (χ2v) is 9.33. The second-order valence-electron chi connectivity index (χ2n) is 9.33. The van der Waals surface area contributed by atoms with E-state index in [0.29, 0.717) is 19.0 Å². The van der Waals surface area contributed by atoms with Crippen molar-refractivity contribution in [3.63, 3.8) is 0 Å². The van der Waals surface area contributed by atoms with Gasteiger partial charge in [0, 0.05) is 30.1 Å². The third kappa shape index (κ3) is 4.83. The van der Waals surface area contributed by atoms with Crippen LogP contribution in [0.25, 0.3) is 11.3 Å². The van der Waals surface area contributed by atoms with E-state index in [9.17, 15) is 9.59 Å². The lowest BCUT2D eigenvalue weighted by molar-refractivity contribution is -0.151. The van der Waals surface area contributed by atoms with E-state index in [1.807, 2.05) is 30.3 Å². The maximum atomic E-state index is 13.3. The second kappa shape index (κ2) is 10.5. The van der Waals surface area contributed by atoms with Crippen LogP contribution in [0.3, 0.4) is 0 Å². The molecule has 186 valence electrons. The van der Waals surface area contributed by atoms with Crippen molar-refractivity contribution in [3.05, 3.63) is 77.1 Å². The molecule has 5 rings (SSSR count). The van der Waals surface area contributed by atoms with Gasteiger partial charge in [-0.15, -0.1) is 0 Å². The number of aromatic nitrogens is 2. The number of hydrogen-bond donors (Lipinski definition) is 0. The number of nitrogens with zero attached hydrogens (tertiary/aromatic N) is 3. The van der Waals surface area contributed by atoms with Gasteiger partial charge in [-0.25, -0.2) is 4.98 Å². The molecular weight excluding hydrogens is 454 g/mol. The average molecular weight is 486 g/mol.